The molecule has 1 aliphatic rings. The summed E-state index contributed by atoms with van der Waals surface area (Å²) in [6.07, 6.45) is 1.25. The number of carbonyl (C=O) groups is 1. The lowest BCUT2D eigenvalue weighted by atomic mass is 10.1. The van der Waals surface area contributed by atoms with Crippen LogP contribution in [0.4, 0.5) is 8.78 Å². The van der Waals surface area contributed by atoms with Crippen LogP contribution in [0.5, 0.6) is 0 Å². The van der Waals surface area contributed by atoms with Crippen LogP contribution in [0.25, 0.3) is 0 Å². The Bertz CT molecular complexity index is 180. The van der Waals surface area contributed by atoms with Crippen molar-refractivity contribution in [2.75, 3.05) is 0 Å². The topological polar surface area (TPSA) is 46.5 Å². The predicted octanol–water partition coefficient (Wildman–Crippen LogP) is 1.87. The third kappa shape index (κ3) is 4.17. The summed E-state index contributed by atoms with van der Waals surface area (Å²) in [6.45, 7) is -2.79. The quantitative estimate of drug-likeness (QED) is 0.702. The molecule has 1 N–H and O–H groups in total. The maximum atomic E-state index is 11.8. The highest BCUT2D eigenvalue weighted by Gasteiger charge is 2.33. The van der Waals surface area contributed by atoms with E-state index in [0.717, 1.165) is 12.8 Å². The van der Waals surface area contributed by atoms with E-state index in [9.17, 15) is 13.6 Å². The highest BCUT2D eigenvalue weighted by molar-refractivity contribution is 5.66. The fraction of sp³-hybridized carbons (Fsp3) is 0.875. The molecule has 1 aliphatic carbocycles. The molecule has 0 amide bonds. The second kappa shape index (κ2) is 4.50. The van der Waals surface area contributed by atoms with Gasteiger partial charge in [0.05, 0.1) is 6.10 Å². The van der Waals surface area contributed by atoms with Crippen molar-refractivity contribution in [3.63, 3.8) is 0 Å². The van der Waals surface area contributed by atoms with Crippen LogP contribution in [-0.4, -0.2) is 23.8 Å². The third-order valence-corrected chi connectivity index (χ3v) is 2.07. The Labute approximate surface area is 74.7 Å². The van der Waals surface area contributed by atoms with Gasteiger partial charge in [-0.1, -0.05) is 0 Å². The Morgan fingerprint density at radius 3 is 2.54 bits per heavy atom. The van der Waals surface area contributed by atoms with Crippen LogP contribution in [0.2, 0.25) is 0 Å². The maximum Gasteiger partial charge on any atom is 0.345 e. The Kier molecular flexibility index (Phi) is 3.59. The van der Waals surface area contributed by atoms with E-state index in [-0.39, 0.29) is 18.8 Å². The molecule has 0 bridgehead atoms. The number of aliphatic carboxylic acids is 1. The molecule has 76 valence electrons. The summed E-state index contributed by atoms with van der Waals surface area (Å²) in [7, 11) is 0. The van der Waals surface area contributed by atoms with Crippen LogP contribution >= 0.6 is 0 Å². The maximum absolute atomic E-state index is 11.8. The molecule has 5 heteroatoms. The first kappa shape index (κ1) is 10.4. The van der Waals surface area contributed by atoms with E-state index in [1.807, 2.05) is 0 Å². The van der Waals surface area contributed by atoms with Gasteiger partial charge in [-0.3, -0.25) is 4.79 Å². The molecule has 1 unspecified atom stereocenters. The summed E-state index contributed by atoms with van der Waals surface area (Å²) in [6, 6.07) is 0. The van der Waals surface area contributed by atoms with E-state index in [2.05, 4.69) is 4.74 Å². The Hall–Kier alpha value is -0.710. The Morgan fingerprint density at radius 2 is 2.15 bits per heavy atom. The largest absolute Gasteiger partial charge is 0.481 e. The molecule has 0 spiro atoms. The molecule has 0 radical (unpaired) electrons. The monoisotopic (exact) mass is 194 g/mol. The molecule has 1 saturated carbocycles. The average molecular weight is 194 g/mol. The minimum absolute atomic E-state index is 0.103. The number of hydrogen-bond acceptors (Lipinski definition) is 2. The van der Waals surface area contributed by atoms with Crippen molar-refractivity contribution in [1.82, 2.24) is 0 Å². The molecule has 3 nitrogen and oxygen atoms in total. The fourth-order valence-electron chi connectivity index (χ4n) is 1.28. The lowest BCUT2D eigenvalue weighted by molar-refractivity contribution is -0.172. The van der Waals surface area contributed by atoms with Gasteiger partial charge in [-0.15, -0.1) is 0 Å². The summed E-state index contributed by atoms with van der Waals surface area (Å²) >= 11 is 0. The number of carboxylic acid groups (broad SMARTS) is 1. The van der Waals surface area contributed by atoms with E-state index >= 15 is 0 Å². The molecule has 13 heavy (non-hydrogen) atoms. The van der Waals surface area contributed by atoms with Crippen LogP contribution in [-0.2, 0) is 9.53 Å². The molecule has 0 aliphatic heterocycles. The molecule has 0 saturated heterocycles. The lowest BCUT2D eigenvalue weighted by Gasteiger charge is -2.15. The van der Waals surface area contributed by atoms with E-state index in [1.165, 1.54) is 0 Å². The van der Waals surface area contributed by atoms with Crippen molar-refractivity contribution >= 4 is 5.97 Å². The van der Waals surface area contributed by atoms with Gasteiger partial charge in [0.15, 0.2) is 0 Å². The lowest BCUT2D eigenvalue weighted by Crippen LogP contribution is -2.19. The molecular formula is C8H12F2O3. The van der Waals surface area contributed by atoms with Crippen molar-refractivity contribution in [3.05, 3.63) is 0 Å². The van der Waals surface area contributed by atoms with Gasteiger partial charge in [-0.2, -0.15) is 8.78 Å². The predicted molar refractivity (Wildman–Crippen MR) is 40.5 cm³/mol. The molecule has 0 aromatic carbocycles. The number of rotatable bonds is 6. The minimum Gasteiger partial charge on any atom is -0.481 e. The van der Waals surface area contributed by atoms with Gasteiger partial charge in [0.1, 0.15) is 0 Å². The molecule has 0 heterocycles. The van der Waals surface area contributed by atoms with Crippen molar-refractivity contribution < 1.29 is 23.4 Å². The van der Waals surface area contributed by atoms with Crippen molar-refractivity contribution in [2.45, 2.75) is 38.4 Å². The zero-order valence-electron chi connectivity index (χ0n) is 7.08. The Morgan fingerprint density at radius 1 is 1.54 bits per heavy atom. The van der Waals surface area contributed by atoms with Crippen LogP contribution in [0.3, 0.4) is 0 Å². The van der Waals surface area contributed by atoms with Crippen molar-refractivity contribution in [2.24, 2.45) is 5.92 Å². The fourth-order valence-corrected chi connectivity index (χ4v) is 1.28. The van der Waals surface area contributed by atoms with Crippen LogP contribution < -0.4 is 0 Å². The Balaban J connectivity index is 2.25. The van der Waals surface area contributed by atoms with Gasteiger partial charge in [0.25, 0.3) is 0 Å². The number of hydrogen-bond donors (Lipinski definition) is 1. The summed E-state index contributed by atoms with van der Waals surface area (Å²) in [4.78, 5) is 10.2. The first-order valence-corrected chi connectivity index (χ1v) is 4.25. The molecule has 0 aromatic heterocycles. The zero-order valence-corrected chi connectivity index (χ0v) is 7.08. The zero-order chi connectivity index (χ0) is 9.84. The van der Waals surface area contributed by atoms with Gasteiger partial charge >= 0.3 is 12.6 Å². The summed E-state index contributed by atoms with van der Waals surface area (Å²) in [5.41, 5.74) is 0. The van der Waals surface area contributed by atoms with E-state index in [1.54, 1.807) is 0 Å². The molecule has 1 fully saturated rings. The highest BCUT2D eigenvalue weighted by Crippen LogP contribution is 2.37. The first-order valence-electron chi connectivity index (χ1n) is 4.25. The van der Waals surface area contributed by atoms with Crippen LogP contribution in [0.15, 0.2) is 0 Å². The molecular weight excluding hydrogens is 182 g/mol. The highest BCUT2D eigenvalue weighted by atomic mass is 19.3. The first-order chi connectivity index (χ1) is 6.09. The number of ether oxygens (including phenoxy) is 1. The third-order valence-electron chi connectivity index (χ3n) is 2.07. The van der Waals surface area contributed by atoms with Crippen molar-refractivity contribution in [1.29, 1.82) is 0 Å². The van der Waals surface area contributed by atoms with Gasteiger partial charge in [-0.05, 0) is 25.2 Å². The standard InChI is InChI=1S/C8H12F2O3/c9-8(10)13-6(5-1-2-5)3-4-7(11)12/h5-6,8H,1-4H2,(H,11,12). The minimum atomic E-state index is -2.79. The van der Waals surface area contributed by atoms with Crippen molar-refractivity contribution in [3.8, 4) is 0 Å². The summed E-state index contributed by atoms with van der Waals surface area (Å²) in [5.74, 6) is -0.822. The van der Waals surface area contributed by atoms with E-state index < -0.39 is 18.7 Å². The number of halogens is 2. The molecule has 1 atom stereocenters. The van der Waals surface area contributed by atoms with Gasteiger partial charge in [-0.25, -0.2) is 0 Å². The summed E-state index contributed by atoms with van der Waals surface area (Å²) in [5, 5.41) is 8.36. The van der Waals surface area contributed by atoms with Crippen LogP contribution in [0, 0.1) is 5.92 Å². The SMILES string of the molecule is O=C(O)CCC(OC(F)F)C1CC1. The van der Waals surface area contributed by atoms with Crippen LogP contribution in [0.1, 0.15) is 25.7 Å². The van der Waals surface area contributed by atoms with Gasteiger partial charge < -0.3 is 9.84 Å². The number of alkyl halides is 2. The van der Waals surface area contributed by atoms with Gasteiger partial charge in [0.2, 0.25) is 0 Å². The van der Waals surface area contributed by atoms with Gasteiger partial charge in [0, 0.05) is 6.42 Å². The second-order valence-corrected chi connectivity index (χ2v) is 3.21. The average Bonchev–Trinajstić information content (AvgIpc) is 2.78. The molecule has 0 aromatic rings. The van der Waals surface area contributed by atoms with E-state index in [0.29, 0.717) is 0 Å². The smallest absolute Gasteiger partial charge is 0.345 e. The number of carboxylic acids is 1. The normalized spacial score (nSPS) is 19.0. The summed E-state index contributed by atoms with van der Waals surface area (Å²) < 4.78 is 28.0. The van der Waals surface area contributed by atoms with E-state index in [4.69, 9.17) is 5.11 Å². The second-order valence-electron chi connectivity index (χ2n) is 3.21. The molecule has 1 rings (SSSR count).